The molecule has 4 aliphatic rings. The van der Waals surface area contributed by atoms with Gasteiger partial charge in [0.2, 0.25) is 5.91 Å². The first-order valence-corrected chi connectivity index (χ1v) is 10.8. The Kier molecular flexibility index (Phi) is 5.80. The van der Waals surface area contributed by atoms with Crippen LogP contribution in [0, 0.1) is 35.9 Å². The molecule has 4 aliphatic carbocycles. The number of carbonyl (C=O) groups excluding carboxylic acids is 3. The van der Waals surface area contributed by atoms with Gasteiger partial charge in [0.05, 0.1) is 0 Å². The Bertz CT molecular complexity index is 818. The summed E-state index contributed by atoms with van der Waals surface area (Å²) < 4.78 is 18.5. The largest absolute Gasteiger partial charge is 0.454 e. The van der Waals surface area contributed by atoms with E-state index in [1.54, 1.807) is 19.1 Å². The molecule has 162 valence electrons. The van der Waals surface area contributed by atoms with E-state index in [1.165, 1.54) is 25.3 Å². The Hall–Kier alpha value is -2.44. The number of benzene rings is 1. The molecular formula is C23H29FN2O4. The molecule has 7 heteroatoms. The van der Waals surface area contributed by atoms with Crippen LogP contribution in [0.2, 0.25) is 0 Å². The van der Waals surface area contributed by atoms with Crippen LogP contribution >= 0.6 is 0 Å². The molecule has 0 radical (unpaired) electrons. The molecule has 4 bridgehead atoms. The maximum absolute atomic E-state index is 13.5. The zero-order valence-electron chi connectivity index (χ0n) is 17.3. The molecule has 5 rings (SSSR count). The molecule has 0 aliphatic heterocycles. The van der Waals surface area contributed by atoms with Crippen molar-refractivity contribution in [2.45, 2.75) is 52.0 Å². The summed E-state index contributed by atoms with van der Waals surface area (Å²) >= 11 is 0. The van der Waals surface area contributed by atoms with E-state index in [1.807, 2.05) is 0 Å². The van der Waals surface area contributed by atoms with Gasteiger partial charge in [-0.2, -0.15) is 0 Å². The van der Waals surface area contributed by atoms with Crippen molar-refractivity contribution in [2.75, 3.05) is 13.2 Å². The number of amides is 2. The topological polar surface area (TPSA) is 84.5 Å². The lowest BCUT2D eigenvalue weighted by atomic mass is 9.49. The Morgan fingerprint density at radius 1 is 1.07 bits per heavy atom. The normalized spacial score (nSPS) is 28.8. The van der Waals surface area contributed by atoms with Crippen molar-refractivity contribution >= 4 is 17.8 Å². The first kappa shape index (κ1) is 20.8. The standard InChI is InChI=1S/C23H29FN2O4/c1-14-2-3-15(7-19(14)24)11-25-20(27)13-30-21(28)12-26-22(29)23-8-16-4-17(9-23)6-18(5-16)10-23/h2-3,7,16-18H,4-6,8-13H2,1H3,(H,25,27)(H,26,29). The molecule has 4 fully saturated rings. The van der Waals surface area contributed by atoms with Crippen LogP contribution in [0.1, 0.15) is 49.7 Å². The third kappa shape index (κ3) is 4.50. The zero-order chi connectivity index (χ0) is 21.3. The van der Waals surface area contributed by atoms with Crippen LogP contribution in [0.5, 0.6) is 0 Å². The van der Waals surface area contributed by atoms with Crippen LogP contribution in [0.15, 0.2) is 18.2 Å². The van der Waals surface area contributed by atoms with E-state index in [2.05, 4.69) is 10.6 Å². The van der Waals surface area contributed by atoms with E-state index >= 15 is 0 Å². The molecule has 0 atom stereocenters. The summed E-state index contributed by atoms with van der Waals surface area (Å²) in [5.74, 6) is 0.479. The third-order valence-corrected chi connectivity index (χ3v) is 7.00. The van der Waals surface area contributed by atoms with Crippen molar-refractivity contribution in [1.82, 2.24) is 10.6 Å². The Labute approximate surface area is 175 Å². The number of carbonyl (C=O) groups is 3. The Morgan fingerprint density at radius 2 is 1.70 bits per heavy atom. The summed E-state index contributed by atoms with van der Waals surface area (Å²) in [5, 5.41) is 5.33. The van der Waals surface area contributed by atoms with Gasteiger partial charge in [0.15, 0.2) is 6.61 Å². The van der Waals surface area contributed by atoms with Gasteiger partial charge in [0, 0.05) is 12.0 Å². The molecule has 0 spiro atoms. The van der Waals surface area contributed by atoms with Crippen LogP contribution in [-0.2, 0) is 25.7 Å². The van der Waals surface area contributed by atoms with E-state index in [9.17, 15) is 18.8 Å². The summed E-state index contributed by atoms with van der Waals surface area (Å²) in [6.45, 7) is 1.16. The molecule has 0 heterocycles. The molecule has 0 unspecified atom stereocenters. The van der Waals surface area contributed by atoms with Gasteiger partial charge in [-0.25, -0.2) is 4.39 Å². The van der Waals surface area contributed by atoms with Crippen LogP contribution in [0.3, 0.4) is 0 Å². The van der Waals surface area contributed by atoms with Gasteiger partial charge in [0.25, 0.3) is 5.91 Å². The molecule has 1 aromatic carbocycles. The van der Waals surface area contributed by atoms with Crippen molar-refractivity contribution in [3.63, 3.8) is 0 Å². The monoisotopic (exact) mass is 416 g/mol. The molecule has 2 N–H and O–H groups in total. The number of ether oxygens (including phenoxy) is 1. The Balaban J connectivity index is 1.17. The van der Waals surface area contributed by atoms with Gasteiger partial charge in [0.1, 0.15) is 12.4 Å². The smallest absolute Gasteiger partial charge is 0.325 e. The molecule has 30 heavy (non-hydrogen) atoms. The van der Waals surface area contributed by atoms with E-state index in [-0.39, 0.29) is 30.2 Å². The van der Waals surface area contributed by atoms with Crippen LogP contribution in [-0.4, -0.2) is 30.9 Å². The van der Waals surface area contributed by atoms with Crippen molar-refractivity contribution in [2.24, 2.45) is 23.2 Å². The fraction of sp³-hybridized carbons (Fsp3) is 0.609. The minimum atomic E-state index is -0.635. The van der Waals surface area contributed by atoms with E-state index in [0.29, 0.717) is 28.9 Å². The quantitative estimate of drug-likeness (QED) is 0.670. The lowest BCUT2D eigenvalue weighted by molar-refractivity contribution is -0.152. The maximum atomic E-state index is 13.5. The second kappa shape index (κ2) is 8.36. The molecule has 6 nitrogen and oxygen atoms in total. The number of halogens is 1. The molecule has 1 aromatic rings. The predicted molar refractivity (Wildman–Crippen MR) is 108 cm³/mol. The molecule has 4 saturated carbocycles. The lowest BCUT2D eigenvalue weighted by Gasteiger charge is -2.55. The maximum Gasteiger partial charge on any atom is 0.325 e. The summed E-state index contributed by atoms with van der Waals surface area (Å²) in [7, 11) is 0. The molecular weight excluding hydrogens is 387 g/mol. The first-order chi connectivity index (χ1) is 14.3. The van der Waals surface area contributed by atoms with Gasteiger partial charge in [-0.15, -0.1) is 0 Å². The van der Waals surface area contributed by atoms with Gasteiger partial charge >= 0.3 is 5.97 Å². The average molecular weight is 416 g/mol. The van der Waals surface area contributed by atoms with Crippen molar-refractivity contribution in [3.8, 4) is 0 Å². The highest BCUT2D eigenvalue weighted by atomic mass is 19.1. The second-order valence-electron chi connectivity index (χ2n) is 9.40. The highest BCUT2D eigenvalue weighted by Gasteiger charge is 2.54. The van der Waals surface area contributed by atoms with Crippen molar-refractivity contribution in [3.05, 3.63) is 35.1 Å². The van der Waals surface area contributed by atoms with E-state index in [0.717, 1.165) is 19.3 Å². The number of rotatable bonds is 7. The van der Waals surface area contributed by atoms with Gasteiger partial charge in [-0.1, -0.05) is 12.1 Å². The summed E-state index contributed by atoms with van der Waals surface area (Å²) in [6, 6.07) is 4.73. The SMILES string of the molecule is Cc1ccc(CNC(=O)COC(=O)CNC(=O)C23CC4CC(CC(C4)C2)C3)cc1F. The number of hydrogen-bond donors (Lipinski definition) is 2. The summed E-state index contributed by atoms with van der Waals surface area (Å²) in [4.78, 5) is 36.7. The molecule has 0 saturated heterocycles. The molecule has 2 amide bonds. The Morgan fingerprint density at radius 3 is 2.30 bits per heavy atom. The van der Waals surface area contributed by atoms with Gasteiger partial charge in [-0.3, -0.25) is 14.4 Å². The third-order valence-electron chi connectivity index (χ3n) is 7.00. The van der Waals surface area contributed by atoms with Crippen LogP contribution < -0.4 is 10.6 Å². The lowest BCUT2D eigenvalue weighted by Crippen LogP contribution is -2.54. The fourth-order valence-electron chi connectivity index (χ4n) is 5.92. The minimum Gasteiger partial charge on any atom is -0.454 e. The number of nitrogens with one attached hydrogen (secondary N) is 2. The highest BCUT2D eigenvalue weighted by molar-refractivity contribution is 5.87. The first-order valence-electron chi connectivity index (χ1n) is 10.8. The van der Waals surface area contributed by atoms with Gasteiger partial charge < -0.3 is 15.4 Å². The second-order valence-corrected chi connectivity index (χ2v) is 9.40. The fourth-order valence-corrected chi connectivity index (χ4v) is 5.92. The number of aryl methyl sites for hydroxylation is 1. The number of hydrogen-bond acceptors (Lipinski definition) is 4. The summed E-state index contributed by atoms with van der Waals surface area (Å²) in [6.07, 6.45) is 6.54. The van der Waals surface area contributed by atoms with Crippen molar-refractivity contribution in [1.29, 1.82) is 0 Å². The number of esters is 1. The minimum absolute atomic E-state index is 0.0376. The van der Waals surface area contributed by atoms with Crippen LogP contribution in [0.4, 0.5) is 4.39 Å². The molecule has 0 aromatic heterocycles. The van der Waals surface area contributed by atoms with E-state index < -0.39 is 18.5 Å². The van der Waals surface area contributed by atoms with E-state index in [4.69, 9.17) is 4.74 Å². The average Bonchev–Trinajstić information content (AvgIpc) is 2.70. The van der Waals surface area contributed by atoms with Gasteiger partial charge in [-0.05, 0) is 80.4 Å². The van der Waals surface area contributed by atoms with Crippen LogP contribution in [0.25, 0.3) is 0 Å². The van der Waals surface area contributed by atoms with Crippen molar-refractivity contribution < 1.29 is 23.5 Å². The summed E-state index contributed by atoms with van der Waals surface area (Å²) in [5.41, 5.74) is 0.852. The zero-order valence-corrected chi connectivity index (χ0v) is 17.3. The predicted octanol–water partition coefficient (Wildman–Crippen LogP) is 2.63. The highest BCUT2D eigenvalue weighted by Crippen LogP contribution is 2.60.